The quantitative estimate of drug-likeness (QED) is 0.819. The van der Waals surface area contributed by atoms with Gasteiger partial charge in [0.25, 0.3) is 0 Å². The second-order valence-electron chi connectivity index (χ2n) is 5.21. The van der Waals surface area contributed by atoms with Gasteiger partial charge in [-0.1, -0.05) is 6.07 Å². The highest BCUT2D eigenvalue weighted by Gasteiger charge is 2.31. The Kier molecular flexibility index (Phi) is 4.01. The molecule has 3 rings (SSSR count). The van der Waals surface area contributed by atoms with E-state index in [9.17, 15) is 4.39 Å². The largest absolute Gasteiger partial charge is 0.491 e. The van der Waals surface area contributed by atoms with Crippen LogP contribution in [0.4, 0.5) is 15.8 Å². The molecule has 1 aromatic heterocycles. The van der Waals surface area contributed by atoms with Gasteiger partial charge in [0.1, 0.15) is 0 Å². The average Bonchev–Trinajstić information content (AvgIpc) is 3.17. The first kappa shape index (κ1) is 14.2. The Balaban J connectivity index is 1.93. The summed E-state index contributed by atoms with van der Waals surface area (Å²) in [5.74, 6) is -0.122. The highest BCUT2D eigenvalue weighted by Crippen LogP contribution is 2.39. The Labute approximate surface area is 128 Å². The molecular formula is C16H19FN2OS. The molecule has 1 heterocycles. The van der Waals surface area contributed by atoms with Crippen LogP contribution in [-0.4, -0.2) is 12.6 Å². The average molecular weight is 306 g/mol. The first-order valence-electron chi connectivity index (χ1n) is 7.20. The SMILES string of the molecule is CCOc1cc(N(Cc2cccs2)C2CC2)c(N)cc1F. The normalized spacial score (nSPS) is 14.2. The molecule has 0 unspecified atom stereocenters. The number of hydrogen-bond donors (Lipinski definition) is 1. The van der Waals surface area contributed by atoms with Crippen LogP contribution < -0.4 is 15.4 Å². The van der Waals surface area contributed by atoms with E-state index in [0.29, 0.717) is 18.3 Å². The van der Waals surface area contributed by atoms with E-state index in [1.54, 1.807) is 17.4 Å². The number of anilines is 2. The van der Waals surface area contributed by atoms with Crippen molar-refractivity contribution in [1.82, 2.24) is 0 Å². The van der Waals surface area contributed by atoms with E-state index in [2.05, 4.69) is 16.3 Å². The summed E-state index contributed by atoms with van der Waals surface area (Å²) < 4.78 is 19.2. The van der Waals surface area contributed by atoms with Crippen LogP contribution in [0.5, 0.6) is 5.75 Å². The van der Waals surface area contributed by atoms with E-state index < -0.39 is 5.82 Å². The smallest absolute Gasteiger partial charge is 0.167 e. The topological polar surface area (TPSA) is 38.5 Å². The van der Waals surface area contributed by atoms with Gasteiger partial charge in [-0.2, -0.15) is 0 Å². The van der Waals surface area contributed by atoms with Crippen molar-refractivity contribution in [3.05, 3.63) is 40.3 Å². The summed E-state index contributed by atoms with van der Waals surface area (Å²) in [6.07, 6.45) is 2.32. The van der Waals surface area contributed by atoms with Crippen LogP contribution in [-0.2, 0) is 6.54 Å². The summed E-state index contributed by atoms with van der Waals surface area (Å²) in [6, 6.07) is 7.76. The Morgan fingerprint density at radius 2 is 2.24 bits per heavy atom. The second-order valence-corrected chi connectivity index (χ2v) is 6.25. The van der Waals surface area contributed by atoms with E-state index in [4.69, 9.17) is 10.5 Å². The number of benzene rings is 1. The van der Waals surface area contributed by atoms with Crippen molar-refractivity contribution in [3.8, 4) is 5.75 Å². The maximum atomic E-state index is 13.9. The Bertz CT molecular complexity index is 611. The number of halogens is 1. The minimum absolute atomic E-state index is 0.276. The highest BCUT2D eigenvalue weighted by atomic mass is 32.1. The fraction of sp³-hybridized carbons (Fsp3) is 0.375. The maximum absolute atomic E-state index is 13.9. The zero-order valence-corrected chi connectivity index (χ0v) is 12.8. The lowest BCUT2D eigenvalue weighted by Gasteiger charge is -2.26. The van der Waals surface area contributed by atoms with Gasteiger partial charge in [-0.05, 0) is 31.2 Å². The molecule has 0 atom stereocenters. The molecule has 1 aliphatic rings. The van der Waals surface area contributed by atoms with Gasteiger partial charge in [-0.15, -0.1) is 11.3 Å². The minimum atomic E-state index is -0.398. The molecule has 0 radical (unpaired) electrons. The van der Waals surface area contributed by atoms with E-state index in [1.165, 1.54) is 10.9 Å². The van der Waals surface area contributed by atoms with Gasteiger partial charge >= 0.3 is 0 Å². The van der Waals surface area contributed by atoms with Crippen molar-refractivity contribution in [3.63, 3.8) is 0 Å². The van der Waals surface area contributed by atoms with Crippen LogP contribution in [0.2, 0.25) is 0 Å². The summed E-state index contributed by atoms with van der Waals surface area (Å²) in [7, 11) is 0. The number of rotatable bonds is 6. The molecule has 2 N–H and O–H groups in total. The predicted octanol–water partition coefficient (Wildman–Crippen LogP) is 4.04. The molecule has 0 spiro atoms. The summed E-state index contributed by atoms with van der Waals surface area (Å²) in [6.45, 7) is 3.10. The first-order valence-corrected chi connectivity index (χ1v) is 8.08. The summed E-state index contributed by atoms with van der Waals surface area (Å²) >= 11 is 1.73. The number of hydrogen-bond acceptors (Lipinski definition) is 4. The lowest BCUT2D eigenvalue weighted by molar-refractivity contribution is 0.321. The number of nitrogen functional groups attached to an aromatic ring is 1. The third kappa shape index (κ3) is 3.13. The Morgan fingerprint density at radius 1 is 1.43 bits per heavy atom. The van der Waals surface area contributed by atoms with Crippen molar-refractivity contribution in [2.45, 2.75) is 32.4 Å². The molecule has 2 aromatic rings. The van der Waals surface area contributed by atoms with Gasteiger partial charge in [0.05, 0.1) is 24.5 Å². The molecule has 5 heteroatoms. The van der Waals surface area contributed by atoms with Crippen LogP contribution in [0.1, 0.15) is 24.6 Å². The molecule has 0 aliphatic heterocycles. The zero-order valence-electron chi connectivity index (χ0n) is 12.0. The van der Waals surface area contributed by atoms with Gasteiger partial charge in [0.2, 0.25) is 0 Å². The second kappa shape index (κ2) is 5.93. The Morgan fingerprint density at radius 3 is 2.86 bits per heavy atom. The molecule has 21 heavy (non-hydrogen) atoms. The minimum Gasteiger partial charge on any atom is -0.491 e. The van der Waals surface area contributed by atoms with Gasteiger partial charge in [-0.25, -0.2) is 4.39 Å². The van der Waals surface area contributed by atoms with E-state index >= 15 is 0 Å². The van der Waals surface area contributed by atoms with Crippen molar-refractivity contribution >= 4 is 22.7 Å². The first-order chi connectivity index (χ1) is 10.2. The van der Waals surface area contributed by atoms with Gasteiger partial charge in [0, 0.05) is 23.1 Å². The van der Waals surface area contributed by atoms with Crippen LogP contribution in [0.3, 0.4) is 0 Å². The van der Waals surface area contributed by atoms with Crippen LogP contribution in [0.15, 0.2) is 29.6 Å². The highest BCUT2D eigenvalue weighted by molar-refractivity contribution is 7.09. The number of ether oxygens (including phenoxy) is 1. The van der Waals surface area contributed by atoms with Crippen molar-refractivity contribution in [2.24, 2.45) is 0 Å². The van der Waals surface area contributed by atoms with Crippen molar-refractivity contribution in [1.29, 1.82) is 0 Å². The molecule has 3 nitrogen and oxygen atoms in total. The standard InChI is InChI=1S/C16H19FN2OS/c1-2-20-16-9-15(14(18)8-13(16)17)19(11-5-6-11)10-12-4-3-7-21-12/h3-4,7-9,11H,2,5-6,10,18H2,1H3. The van der Waals surface area contributed by atoms with Gasteiger partial charge in [-0.3, -0.25) is 0 Å². The predicted molar refractivity (Wildman–Crippen MR) is 85.5 cm³/mol. The molecular weight excluding hydrogens is 287 g/mol. The lowest BCUT2D eigenvalue weighted by Crippen LogP contribution is -2.25. The van der Waals surface area contributed by atoms with Crippen molar-refractivity contribution in [2.75, 3.05) is 17.2 Å². The Hall–Kier alpha value is -1.75. The molecule has 1 fully saturated rings. The van der Waals surface area contributed by atoms with E-state index in [1.807, 2.05) is 13.0 Å². The summed E-state index contributed by atoms with van der Waals surface area (Å²) in [5.41, 5.74) is 7.39. The van der Waals surface area contributed by atoms with Gasteiger partial charge < -0.3 is 15.4 Å². The summed E-state index contributed by atoms with van der Waals surface area (Å²) in [4.78, 5) is 3.55. The molecule has 1 aliphatic carbocycles. The van der Waals surface area contributed by atoms with Crippen LogP contribution in [0.25, 0.3) is 0 Å². The number of thiophene rings is 1. The third-order valence-corrected chi connectivity index (χ3v) is 4.45. The number of nitrogens with two attached hydrogens (primary N) is 1. The lowest BCUT2D eigenvalue weighted by atomic mass is 10.2. The van der Waals surface area contributed by atoms with E-state index in [-0.39, 0.29) is 5.75 Å². The summed E-state index contributed by atoms with van der Waals surface area (Å²) in [5, 5.41) is 2.07. The molecule has 0 bridgehead atoms. The number of nitrogens with zero attached hydrogens (tertiary/aromatic N) is 1. The fourth-order valence-electron chi connectivity index (χ4n) is 2.44. The van der Waals surface area contributed by atoms with Crippen LogP contribution >= 0.6 is 11.3 Å². The molecule has 1 saturated carbocycles. The maximum Gasteiger partial charge on any atom is 0.167 e. The third-order valence-electron chi connectivity index (χ3n) is 3.58. The molecule has 112 valence electrons. The zero-order chi connectivity index (χ0) is 14.8. The monoisotopic (exact) mass is 306 g/mol. The van der Waals surface area contributed by atoms with E-state index in [0.717, 1.165) is 25.1 Å². The van der Waals surface area contributed by atoms with Crippen molar-refractivity contribution < 1.29 is 9.13 Å². The van der Waals surface area contributed by atoms with Crippen LogP contribution in [0, 0.1) is 5.82 Å². The van der Waals surface area contributed by atoms with Gasteiger partial charge in [0.15, 0.2) is 11.6 Å². The fourth-order valence-corrected chi connectivity index (χ4v) is 3.14. The molecule has 0 amide bonds. The molecule has 1 aromatic carbocycles. The molecule has 0 saturated heterocycles.